The molecule has 16 heteroatoms. The Morgan fingerprint density at radius 3 is 1.72 bits per heavy atom. The van der Waals surface area contributed by atoms with Crippen molar-refractivity contribution in [3.8, 4) is 0 Å². The smallest absolute Gasteiger partial charge is 0.412 e. The van der Waals surface area contributed by atoms with Crippen molar-refractivity contribution in [2.24, 2.45) is 0 Å². The summed E-state index contributed by atoms with van der Waals surface area (Å²) in [6.07, 6.45) is -1.21. The summed E-state index contributed by atoms with van der Waals surface area (Å²) in [6.45, 7) is 4.71. The molecule has 0 saturated carbocycles. The van der Waals surface area contributed by atoms with E-state index in [4.69, 9.17) is 14.6 Å². The fourth-order valence-corrected chi connectivity index (χ4v) is 7.46. The molecule has 0 spiro atoms. The van der Waals surface area contributed by atoms with Crippen LogP contribution in [-0.4, -0.2) is 102 Å². The summed E-state index contributed by atoms with van der Waals surface area (Å²) in [4.78, 5) is 93.7. The zero-order valence-corrected chi connectivity index (χ0v) is 36.9. The summed E-state index contributed by atoms with van der Waals surface area (Å²) < 4.78 is 11.4. The number of nitrogens with one attached hydrogen (secondary N) is 5. The molecule has 0 aliphatic carbocycles. The predicted molar refractivity (Wildman–Crippen MR) is 241 cm³/mol. The highest BCUT2D eigenvalue weighted by molar-refractivity contribution is 5.93. The average molecular weight is 891 g/mol. The third-order valence-corrected chi connectivity index (χ3v) is 10.5. The summed E-state index contributed by atoms with van der Waals surface area (Å²) in [5.41, 5.74) is 1.15. The molecule has 0 aromatic heterocycles. The highest BCUT2D eigenvalue weighted by Gasteiger charge is 2.38. The molecule has 6 N–H and O–H groups in total. The first-order chi connectivity index (χ1) is 31.1. The summed E-state index contributed by atoms with van der Waals surface area (Å²) in [6, 6.07) is 34.7. The first-order valence-corrected chi connectivity index (χ1v) is 21.6. The van der Waals surface area contributed by atoms with Crippen LogP contribution >= 0.6 is 0 Å². The molecule has 1 fully saturated rings. The number of benzene rings is 4. The number of carbonyl (C=O) groups excluding carboxylic acids is 6. The van der Waals surface area contributed by atoms with E-state index in [1.165, 1.54) is 4.90 Å². The van der Waals surface area contributed by atoms with Gasteiger partial charge in [-0.25, -0.2) is 4.79 Å². The van der Waals surface area contributed by atoms with E-state index in [2.05, 4.69) is 26.6 Å². The van der Waals surface area contributed by atoms with Crippen LogP contribution in [0.25, 0.3) is 0 Å². The summed E-state index contributed by atoms with van der Waals surface area (Å²) in [7, 11) is 0. The lowest BCUT2D eigenvalue weighted by molar-refractivity contribution is -0.138. The van der Waals surface area contributed by atoms with E-state index in [0.29, 0.717) is 25.1 Å². The van der Waals surface area contributed by atoms with Crippen molar-refractivity contribution in [2.75, 3.05) is 26.2 Å². The number of ether oxygens (including phenoxy) is 2. The third kappa shape index (κ3) is 14.7. The minimum Gasteiger partial charge on any atom is -0.480 e. The molecule has 1 aliphatic heterocycles. The maximum absolute atomic E-state index is 14.3. The normalized spacial score (nSPS) is 14.8. The van der Waals surface area contributed by atoms with E-state index < -0.39 is 84.1 Å². The monoisotopic (exact) mass is 890 g/mol. The molecule has 1 saturated heterocycles. The summed E-state index contributed by atoms with van der Waals surface area (Å²) in [5, 5.41) is 22.5. The Balaban J connectivity index is 1.33. The first-order valence-electron chi connectivity index (χ1n) is 21.6. The molecule has 5 rings (SSSR count). The van der Waals surface area contributed by atoms with Crippen molar-refractivity contribution in [1.82, 2.24) is 31.5 Å². The second kappa shape index (κ2) is 23.6. The van der Waals surface area contributed by atoms with Gasteiger partial charge >= 0.3 is 12.1 Å². The fraction of sp³-hybridized carbons (Fsp3) is 0.367. The van der Waals surface area contributed by atoms with Crippen LogP contribution in [0.5, 0.6) is 0 Å². The van der Waals surface area contributed by atoms with Gasteiger partial charge in [0.05, 0.1) is 13.2 Å². The molecule has 1 heterocycles. The van der Waals surface area contributed by atoms with E-state index >= 15 is 0 Å². The number of aliphatic carboxylic acids is 1. The number of rotatable bonds is 20. The zero-order chi connectivity index (χ0) is 46.8. The molecule has 65 heavy (non-hydrogen) atoms. The molecule has 1 aliphatic rings. The van der Waals surface area contributed by atoms with E-state index in [0.717, 1.165) is 16.7 Å². The lowest BCUT2D eigenvalue weighted by Crippen LogP contribution is -2.53. The van der Waals surface area contributed by atoms with Gasteiger partial charge in [0, 0.05) is 32.2 Å². The van der Waals surface area contributed by atoms with Gasteiger partial charge in [-0.15, -0.1) is 0 Å². The second-order valence-corrected chi connectivity index (χ2v) is 16.6. The molecule has 3 atom stereocenters. The summed E-state index contributed by atoms with van der Waals surface area (Å²) in [5.74, 6) is -4.56. The van der Waals surface area contributed by atoms with Crippen molar-refractivity contribution in [3.63, 3.8) is 0 Å². The number of carbonyl (C=O) groups is 7. The van der Waals surface area contributed by atoms with Crippen LogP contribution in [0.15, 0.2) is 121 Å². The second-order valence-electron chi connectivity index (χ2n) is 16.6. The van der Waals surface area contributed by atoms with E-state index in [-0.39, 0.29) is 32.1 Å². The van der Waals surface area contributed by atoms with Crippen LogP contribution < -0.4 is 26.6 Å². The maximum atomic E-state index is 14.3. The van der Waals surface area contributed by atoms with Gasteiger partial charge in [0.1, 0.15) is 36.0 Å². The lowest BCUT2D eigenvalue weighted by atomic mass is 9.77. The molecule has 344 valence electrons. The molecule has 4 aromatic rings. The van der Waals surface area contributed by atoms with E-state index in [1.807, 2.05) is 91.0 Å². The third-order valence-electron chi connectivity index (χ3n) is 10.5. The molecule has 0 radical (unpaired) electrons. The van der Waals surface area contributed by atoms with Gasteiger partial charge in [-0.1, -0.05) is 121 Å². The Morgan fingerprint density at radius 1 is 0.677 bits per heavy atom. The molecule has 6 amide bonds. The average Bonchev–Trinajstić information content (AvgIpc) is 3.30. The molecular formula is C49H58N6O10. The number of nitrogens with zero attached hydrogens (tertiary/aromatic N) is 1. The van der Waals surface area contributed by atoms with Crippen LogP contribution in [0.3, 0.4) is 0 Å². The molecule has 16 nitrogen and oxygen atoms in total. The van der Waals surface area contributed by atoms with Crippen LogP contribution in [0, 0.1) is 0 Å². The van der Waals surface area contributed by atoms with Gasteiger partial charge in [-0.2, -0.15) is 0 Å². The Hall–Kier alpha value is -7.07. The van der Waals surface area contributed by atoms with Crippen LogP contribution in [0.1, 0.15) is 75.1 Å². The zero-order valence-electron chi connectivity index (χ0n) is 36.9. The Morgan fingerprint density at radius 2 is 1.18 bits per heavy atom. The first kappa shape index (κ1) is 49.0. The maximum Gasteiger partial charge on any atom is 0.412 e. The van der Waals surface area contributed by atoms with Crippen molar-refractivity contribution in [3.05, 3.63) is 144 Å². The number of carboxylic acid groups (broad SMARTS) is 1. The standard InChI is InChI=1S/C49H58N6O10/c1-48(2,3)65-47(63)55-29-16-30-64-43(55)28-27-40(56)52-38(45(61)50-32-42(58)53-39(46(62)51-33-44(59)60)31-34-17-8-4-9-18-34)25-26-41(57)54-49(35-19-10-5-11-20-35,36-21-12-6-13-22-36)37-23-14-7-15-24-37/h4-15,17-24,38-39,43H,16,25-33H2,1-3H3,(H,50,61)(H,51,62)(H,52,56)(H,53,58)(H,54,57)(H,59,60)/t38-,39-,43?/m0/s1. The highest BCUT2D eigenvalue weighted by Crippen LogP contribution is 2.37. The van der Waals surface area contributed by atoms with Crippen molar-refractivity contribution in [1.29, 1.82) is 0 Å². The quantitative estimate of drug-likeness (QED) is 0.0696. The van der Waals surface area contributed by atoms with Crippen LogP contribution in [0.4, 0.5) is 4.79 Å². The highest BCUT2D eigenvalue weighted by atomic mass is 16.6. The number of carboxylic acids is 1. The van der Waals surface area contributed by atoms with Crippen molar-refractivity contribution in [2.45, 2.75) is 88.7 Å². The Labute approximate surface area is 378 Å². The number of hydrogen-bond acceptors (Lipinski definition) is 9. The Bertz CT molecular complexity index is 2120. The summed E-state index contributed by atoms with van der Waals surface area (Å²) >= 11 is 0. The minimum absolute atomic E-state index is 0.0340. The topological polar surface area (TPSA) is 222 Å². The van der Waals surface area contributed by atoms with Gasteiger partial charge in [-0.05, 0) is 55.9 Å². The molecule has 4 aromatic carbocycles. The molecule has 0 bridgehead atoms. The fourth-order valence-electron chi connectivity index (χ4n) is 7.46. The molecular weight excluding hydrogens is 833 g/mol. The lowest BCUT2D eigenvalue weighted by Gasteiger charge is -2.37. The van der Waals surface area contributed by atoms with E-state index in [9.17, 15) is 33.6 Å². The van der Waals surface area contributed by atoms with Crippen LogP contribution in [0.2, 0.25) is 0 Å². The van der Waals surface area contributed by atoms with E-state index in [1.54, 1.807) is 51.1 Å². The van der Waals surface area contributed by atoms with Crippen molar-refractivity contribution >= 4 is 41.6 Å². The largest absolute Gasteiger partial charge is 0.480 e. The van der Waals surface area contributed by atoms with Gasteiger partial charge in [0.25, 0.3) is 0 Å². The Kier molecular flexibility index (Phi) is 17.7. The SMILES string of the molecule is CC(C)(C)OC(=O)N1CCCOC1CCC(=O)N[C@@H](CCC(=O)NC(c1ccccc1)(c1ccccc1)c1ccccc1)C(=O)NCC(=O)N[C@@H](Cc1ccccc1)C(=O)NCC(=O)O. The van der Waals surface area contributed by atoms with Crippen molar-refractivity contribution < 1.29 is 48.1 Å². The van der Waals surface area contributed by atoms with Crippen LogP contribution in [-0.2, 0) is 50.2 Å². The number of amides is 6. The molecule has 1 unspecified atom stereocenters. The van der Waals surface area contributed by atoms with Gasteiger partial charge < -0.3 is 41.2 Å². The van der Waals surface area contributed by atoms with Gasteiger partial charge in [0.2, 0.25) is 29.5 Å². The predicted octanol–water partition coefficient (Wildman–Crippen LogP) is 4.17. The van der Waals surface area contributed by atoms with Gasteiger partial charge in [-0.3, -0.25) is 33.7 Å². The van der Waals surface area contributed by atoms with Gasteiger partial charge in [0.15, 0.2) is 0 Å². The minimum atomic E-state index is -1.31. The number of hydrogen-bond donors (Lipinski definition) is 6.